The van der Waals surface area contributed by atoms with E-state index in [1.807, 2.05) is 0 Å². The predicted octanol–water partition coefficient (Wildman–Crippen LogP) is 3.02. The van der Waals surface area contributed by atoms with Gasteiger partial charge >= 0.3 is 0 Å². The molecule has 106 valence electrons. The van der Waals surface area contributed by atoms with Crippen LogP contribution in [0.2, 0.25) is 0 Å². The zero-order valence-corrected chi connectivity index (χ0v) is 12.9. The van der Waals surface area contributed by atoms with Gasteiger partial charge in [-0.05, 0) is 30.4 Å². The maximum atomic E-state index is 12.1. The average molecular weight is 306 g/mol. The van der Waals surface area contributed by atoms with Crippen molar-refractivity contribution in [3.63, 3.8) is 0 Å². The summed E-state index contributed by atoms with van der Waals surface area (Å²) in [4.78, 5) is 16.4. The molecular formula is C15H18N2OS2. The second-order valence-electron chi connectivity index (χ2n) is 5.00. The van der Waals surface area contributed by atoms with Crippen molar-refractivity contribution in [3.05, 3.63) is 35.4 Å². The first-order valence-corrected chi connectivity index (χ1v) is 8.97. The molecule has 1 aromatic rings. The summed E-state index contributed by atoms with van der Waals surface area (Å²) in [6.07, 6.45) is 3.32. The van der Waals surface area contributed by atoms with E-state index in [2.05, 4.69) is 34.6 Å². The van der Waals surface area contributed by atoms with Crippen molar-refractivity contribution >= 4 is 33.8 Å². The van der Waals surface area contributed by atoms with Gasteiger partial charge in [-0.2, -0.15) is 0 Å². The van der Waals surface area contributed by atoms with Crippen LogP contribution in [0, 0.1) is 0 Å². The highest BCUT2D eigenvalue weighted by Crippen LogP contribution is 2.29. The van der Waals surface area contributed by atoms with E-state index in [1.165, 1.54) is 11.1 Å². The van der Waals surface area contributed by atoms with Crippen LogP contribution in [0.4, 0.5) is 0 Å². The first-order chi connectivity index (χ1) is 9.83. The molecule has 5 heteroatoms. The summed E-state index contributed by atoms with van der Waals surface area (Å²) < 4.78 is 1.06. The fraction of sp³-hybridized carbons (Fsp3) is 0.467. The smallest absolute Gasteiger partial charge is 0.230 e. The van der Waals surface area contributed by atoms with E-state index in [-0.39, 0.29) is 11.9 Å². The summed E-state index contributed by atoms with van der Waals surface area (Å²) in [6.45, 7) is 0.893. The molecular weight excluding hydrogens is 288 g/mol. The number of benzene rings is 1. The Bertz CT molecular complexity index is 530. The summed E-state index contributed by atoms with van der Waals surface area (Å²) in [7, 11) is 0. The maximum absolute atomic E-state index is 12.1. The highest BCUT2D eigenvalue weighted by molar-refractivity contribution is 8.39. The molecule has 0 spiro atoms. The van der Waals surface area contributed by atoms with Crippen LogP contribution in [-0.4, -0.2) is 28.3 Å². The molecule has 1 amide bonds. The Labute approximate surface area is 128 Å². The second-order valence-corrected chi connectivity index (χ2v) is 7.30. The molecule has 0 aromatic heterocycles. The van der Waals surface area contributed by atoms with Crippen LogP contribution in [0.5, 0.6) is 0 Å². The van der Waals surface area contributed by atoms with Gasteiger partial charge in [0.25, 0.3) is 0 Å². The molecule has 2 aliphatic rings. The number of aliphatic imine (C=N–C) groups is 1. The van der Waals surface area contributed by atoms with E-state index in [0.29, 0.717) is 5.75 Å². The number of amides is 1. The van der Waals surface area contributed by atoms with Crippen molar-refractivity contribution in [3.8, 4) is 0 Å². The molecule has 1 unspecified atom stereocenters. The van der Waals surface area contributed by atoms with Gasteiger partial charge in [-0.3, -0.25) is 9.79 Å². The number of aryl methyl sites for hydroxylation is 1. The van der Waals surface area contributed by atoms with E-state index in [4.69, 9.17) is 0 Å². The van der Waals surface area contributed by atoms with Crippen LogP contribution in [0.1, 0.15) is 30.0 Å². The molecule has 1 heterocycles. The van der Waals surface area contributed by atoms with Gasteiger partial charge in [-0.25, -0.2) is 0 Å². The molecule has 0 radical (unpaired) electrons. The van der Waals surface area contributed by atoms with Crippen molar-refractivity contribution in [1.82, 2.24) is 5.32 Å². The fourth-order valence-corrected chi connectivity index (χ4v) is 4.49. The Balaban J connectivity index is 1.56. The summed E-state index contributed by atoms with van der Waals surface area (Å²) in [5, 5.41) is 3.17. The van der Waals surface area contributed by atoms with Gasteiger partial charge in [0.05, 0.1) is 18.3 Å². The topological polar surface area (TPSA) is 41.5 Å². The first-order valence-electron chi connectivity index (χ1n) is 7.00. The van der Waals surface area contributed by atoms with E-state index < -0.39 is 0 Å². The third-order valence-corrected chi connectivity index (χ3v) is 5.84. The van der Waals surface area contributed by atoms with Gasteiger partial charge in [0.2, 0.25) is 5.91 Å². The van der Waals surface area contributed by atoms with Crippen LogP contribution in [0.3, 0.4) is 0 Å². The van der Waals surface area contributed by atoms with Crippen molar-refractivity contribution in [2.24, 2.45) is 4.99 Å². The molecule has 1 aliphatic heterocycles. The van der Waals surface area contributed by atoms with E-state index >= 15 is 0 Å². The number of thioether (sulfide) groups is 2. The third kappa shape index (κ3) is 3.38. The van der Waals surface area contributed by atoms with Crippen LogP contribution < -0.4 is 5.32 Å². The minimum absolute atomic E-state index is 0.118. The molecule has 0 saturated carbocycles. The maximum Gasteiger partial charge on any atom is 0.230 e. The Hall–Kier alpha value is -0.940. The number of hydrogen-bond acceptors (Lipinski definition) is 4. The van der Waals surface area contributed by atoms with Gasteiger partial charge in [0, 0.05) is 5.75 Å². The zero-order valence-electron chi connectivity index (χ0n) is 11.3. The van der Waals surface area contributed by atoms with Gasteiger partial charge in [0.15, 0.2) is 0 Å². The second kappa shape index (κ2) is 6.68. The number of rotatable bonds is 3. The number of hydrogen-bond donors (Lipinski definition) is 1. The molecule has 3 rings (SSSR count). The molecule has 3 nitrogen and oxygen atoms in total. The van der Waals surface area contributed by atoms with Gasteiger partial charge in [0.1, 0.15) is 4.38 Å². The van der Waals surface area contributed by atoms with E-state index in [0.717, 1.165) is 35.9 Å². The number of nitrogens with one attached hydrogen (secondary N) is 1. The Morgan fingerprint density at radius 1 is 1.45 bits per heavy atom. The summed E-state index contributed by atoms with van der Waals surface area (Å²) >= 11 is 3.31. The van der Waals surface area contributed by atoms with Gasteiger partial charge < -0.3 is 5.32 Å². The lowest BCUT2D eigenvalue weighted by molar-refractivity contribution is -0.119. The van der Waals surface area contributed by atoms with Crippen molar-refractivity contribution < 1.29 is 4.79 Å². The molecule has 1 aromatic carbocycles. The summed E-state index contributed by atoms with van der Waals surface area (Å²) in [5.74, 6) is 1.65. The SMILES string of the molecule is O=C(CSC1=NCCS1)NC1CCCc2ccccc21. The molecule has 20 heavy (non-hydrogen) atoms. The fourth-order valence-electron chi connectivity index (χ4n) is 2.67. The monoisotopic (exact) mass is 306 g/mol. The van der Waals surface area contributed by atoms with Gasteiger partial charge in [-0.15, -0.1) is 0 Å². The lowest BCUT2D eigenvalue weighted by Gasteiger charge is -2.26. The average Bonchev–Trinajstić information content (AvgIpc) is 2.99. The number of fused-ring (bicyclic) bond motifs is 1. The standard InChI is InChI=1S/C15H18N2OS2/c18-14(10-20-15-16-8-9-19-15)17-13-7-3-5-11-4-1-2-6-12(11)13/h1-2,4,6,13H,3,5,7-10H2,(H,17,18). The molecule has 1 N–H and O–H groups in total. The zero-order chi connectivity index (χ0) is 13.8. The van der Waals surface area contributed by atoms with Crippen LogP contribution >= 0.6 is 23.5 Å². The van der Waals surface area contributed by atoms with Crippen LogP contribution in [0.25, 0.3) is 0 Å². The Morgan fingerprint density at radius 3 is 3.20 bits per heavy atom. The van der Waals surface area contributed by atoms with Crippen molar-refractivity contribution in [2.45, 2.75) is 25.3 Å². The van der Waals surface area contributed by atoms with E-state index in [9.17, 15) is 4.79 Å². The first kappa shape index (κ1) is 14.0. The summed E-state index contributed by atoms with van der Waals surface area (Å²) in [6, 6.07) is 8.64. The predicted molar refractivity (Wildman–Crippen MR) is 87.5 cm³/mol. The highest BCUT2D eigenvalue weighted by Gasteiger charge is 2.21. The molecule has 0 saturated heterocycles. The molecule has 0 fully saturated rings. The van der Waals surface area contributed by atoms with Crippen LogP contribution in [0.15, 0.2) is 29.3 Å². The summed E-state index contributed by atoms with van der Waals surface area (Å²) in [5.41, 5.74) is 2.68. The van der Waals surface area contributed by atoms with Crippen molar-refractivity contribution in [1.29, 1.82) is 0 Å². The number of nitrogens with zero attached hydrogens (tertiary/aromatic N) is 1. The lowest BCUT2D eigenvalue weighted by atomic mass is 9.88. The highest BCUT2D eigenvalue weighted by atomic mass is 32.2. The Kier molecular flexibility index (Phi) is 4.68. The van der Waals surface area contributed by atoms with Crippen molar-refractivity contribution in [2.75, 3.05) is 18.1 Å². The van der Waals surface area contributed by atoms with Crippen LogP contribution in [-0.2, 0) is 11.2 Å². The molecule has 1 aliphatic carbocycles. The minimum Gasteiger partial charge on any atom is -0.349 e. The molecule has 1 atom stereocenters. The minimum atomic E-state index is 0.118. The lowest BCUT2D eigenvalue weighted by Crippen LogP contribution is -2.32. The number of carbonyl (C=O) groups excluding carboxylic acids is 1. The number of carbonyl (C=O) groups is 1. The largest absolute Gasteiger partial charge is 0.349 e. The normalized spacial score (nSPS) is 21.2. The quantitative estimate of drug-likeness (QED) is 0.933. The van der Waals surface area contributed by atoms with E-state index in [1.54, 1.807) is 23.5 Å². The molecule has 0 bridgehead atoms. The third-order valence-electron chi connectivity index (χ3n) is 3.59. The Morgan fingerprint density at radius 2 is 2.35 bits per heavy atom. The van der Waals surface area contributed by atoms with Gasteiger partial charge in [-0.1, -0.05) is 47.8 Å².